The molecule has 0 saturated heterocycles. The van der Waals surface area contributed by atoms with E-state index in [1.165, 1.54) is 24.3 Å². The van der Waals surface area contributed by atoms with Crippen LogP contribution in [0.15, 0.2) is 108 Å². The Balaban J connectivity index is 1.51. The highest BCUT2D eigenvalue weighted by Crippen LogP contribution is 2.33. The molecule has 0 aliphatic heterocycles. The lowest BCUT2D eigenvalue weighted by Gasteiger charge is -2.15. The molecule has 0 aliphatic rings. The van der Waals surface area contributed by atoms with Gasteiger partial charge in [-0.15, -0.1) is 0 Å². The van der Waals surface area contributed by atoms with Crippen LogP contribution in [0.2, 0.25) is 5.02 Å². The lowest BCUT2D eigenvalue weighted by molar-refractivity contribution is 0.0956. The maximum absolute atomic E-state index is 14.0. The molecular weight excluding hydrogens is 598 g/mol. The quantitative estimate of drug-likeness (QED) is 0.191. The van der Waals surface area contributed by atoms with Gasteiger partial charge in [-0.2, -0.15) is 0 Å². The molecule has 11 heteroatoms. The minimum atomic E-state index is -4.15. The first-order valence-corrected chi connectivity index (χ1v) is 15.7. The highest BCUT2D eigenvalue weighted by atomic mass is 35.5. The van der Waals surface area contributed by atoms with Crippen LogP contribution in [0.4, 0.5) is 5.82 Å². The minimum absolute atomic E-state index is 0.00957. The van der Waals surface area contributed by atoms with Gasteiger partial charge in [0.15, 0.2) is 5.65 Å². The van der Waals surface area contributed by atoms with Gasteiger partial charge in [0.05, 0.1) is 29.6 Å². The third-order valence-electron chi connectivity index (χ3n) is 7.18. The van der Waals surface area contributed by atoms with Crippen molar-refractivity contribution in [3.8, 4) is 5.75 Å². The molecule has 0 unspecified atom stereocenters. The molecular formula is C33H28ClN5O4S. The zero-order valence-electron chi connectivity index (χ0n) is 23.7. The van der Waals surface area contributed by atoms with Gasteiger partial charge in [-0.25, -0.2) is 18.4 Å². The van der Waals surface area contributed by atoms with Crippen molar-refractivity contribution < 1.29 is 17.9 Å². The molecule has 0 saturated carbocycles. The van der Waals surface area contributed by atoms with Crippen molar-refractivity contribution in [3.05, 3.63) is 125 Å². The van der Waals surface area contributed by atoms with Crippen molar-refractivity contribution in [1.29, 1.82) is 0 Å². The van der Waals surface area contributed by atoms with E-state index in [-0.39, 0.29) is 28.3 Å². The first-order chi connectivity index (χ1) is 21.3. The van der Waals surface area contributed by atoms with E-state index in [2.05, 4.69) is 10.0 Å². The summed E-state index contributed by atoms with van der Waals surface area (Å²) >= 11 is 6.03. The van der Waals surface area contributed by atoms with Crippen LogP contribution in [0, 0.1) is 0 Å². The van der Waals surface area contributed by atoms with Crippen LogP contribution in [0.1, 0.15) is 21.5 Å². The van der Waals surface area contributed by atoms with Crippen molar-refractivity contribution in [2.75, 3.05) is 18.4 Å². The summed E-state index contributed by atoms with van der Waals surface area (Å²) < 4.78 is 37.1. The Morgan fingerprint density at radius 3 is 2.18 bits per heavy atom. The number of ether oxygens (including phenoxy) is 1. The molecule has 9 nitrogen and oxygen atoms in total. The SMILES string of the molecule is COc1ccc(Cn2c(NS(=O)(=O)c3ccc(Cl)cc3)c(C(=O)NCCc3ccccc3)c3nc4ccccc4nc32)cc1. The van der Waals surface area contributed by atoms with E-state index in [1.54, 1.807) is 17.7 Å². The van der Waals surface area contributed by atoms with Crippen LogP contribution in [0.5, 0.6) is 5.75 Å². The van der Waals surface area contributed by atoms with Crippen LogP contribution < -0.4 is 14.8 Å². The van der Waals surface area contributed by atoms with Crippen LogP contribution in [0.25, 0.3) is 22.2 Å². The third-order valence-corrected chi connectivity index (χ3v) is 8.78. The topological polar surface area (TPSA) is 115 Å². The summed E-state index contributed by atoms with van der Waals surface area (Å²) in [4.78, 5) is 23.6. The van der Waals surface area contributed by atoms with Crippen molar-refractivity contribution in [2.45, 2.75) is 17.9 Å². The Kier molecular flexibility index (Phi) is 8.19. The fourth-order valence-electron chi connectivity index (χ4n) is 4.94. The summed E-state index contributed by atoms with van der Waals surface area (Å²) in [5.41, 5.74) is 3.80. The number of methoxy groups -OCH3 is 1. The molecule has 2 aromatic heterocycles. The minimum Gasteiger partial charge on any atom is -0.497 e. The number of nitrogens with zero attached hydrogens (tertiary/aromatic N) is 3. The van der Waals surface area contributed by atoms with Gasteiger partial charge in [-0.3, -0.25) is 9.52 Å². The van der Waals surface area contributed by atoms with Crippen LogP contribution >= 0.6 is 11.6 Å². The number of carbonyl (C=O) groups excluding carboxylic acids is 1. The summed E-state index contributed by atoms with van der Waals surface area (Å²) in [7, 11) is -2.57. The van der Waals surface area contributed by atoms with Crippen molar-refractivity contribution in [2.24, 2.45) is 0 Å². The second-order valence-electron chi connectivity index (χ2n) is 10.1. The summed E-state index contributed by atoms with van der Waals surface area (Å²) in [5.74, 6) is 0.259. The molecule has 0 radical (unpaired) electrons. The van der Waals surface area contributed by atoms with Gasteiger partial charge in [-0.1, -0.05) is 66.2 Å². The van der Waals surface area contributed by atoms with E-state index in [0.717, 1.165) is 11.1 Å². The molecule has 44 heavy (non-hydrogen) atoms. The molecule has 4 aromatic carbocycles. The first-order valence-electron chi connectivity index (χ1n) is 13.8. The number of halogens is 1. The lowest BCUT2D eigenvalue weighted by atomic mass is 10.1. The van der Waals surface area contributed by atoms with E-state index in [1.807, 2.05) is 72.8 Å². The number of hydrogen-bond donors (Lipinski definition) is 2. The van der Waals surface area contributed by atoms with E-state index >= 15 is 0 Å². The molecule has 0 spiro atoms. The zero-order chi connectivity index (χ0) is 30.7. The molecule has 0 aliphatic carbocycles. The van der Waals surface area contributed by atoms with Crippen LogP contribution in [0.3, 0.4) is 0 Å². The maximum Gasteiger partial charge on any atom is 0.263 e. The Labute approximate surface area is 259 Å². The molecule has 2 heterocycles. The number of benzene rings is 4. The van der Waals surface area contributed by atoms with Crippen LogP contribution in [-0.2, 0) is 23.0 Å². The Bertz CT molecular complexity index is 2060. The summed E-state index contributed by atoms with van der Waals surface area (Å²) in [6, 6.07) is 30.3. The standard InChI is InChI=1S/C33H28ClN5O4S/c1-43-25-15-11-23(12-16-25)21-39-31(38-44(41,42)26-17-13-24(34)14-18-26)29(33(40)35-20-19-22-7-3-2-4-8-22)30-32(39)37-28-10-6-5-9-27(28)36-30/h2-18,38H,19-21H2,1H3,(H,35,40). The molecule has 6 aromatic rings. The van der Waals surface area contributed by atoms with Gasteiger partial charge in [0, 0.05) is 11.6 Å². The molecule has 0 fully saturated rings. The van der Waals surface area contributed by atoms with Crippen molar-refractivity contribution >= 4 is 55.5 Å². The Hall–Kier alpha value is -4.93. The molecule has 6 rings (SSSR count). The molecule has 1 amide bonds. The van der Waals surface area contributed by atoms with Crippen LogP contribution in [-0.4, -0.2) is 42.5 Å². The molecule has 0 bridgehead atoms. The number of nitrogens with one attached hydrogen (secondary N) is 2. The molecule has 2 N–H and O–H groups in total. The summed E-state index contributed by atoms with van der Waals surface area (Å²) in [6.45, 7) is 0.529. The normalized spacial score (nSPS) is 11.5. The summed E-state index contributed by atoms with van der Waals surface area (Å²) in [5, 5.41) is 3.36. The molecule has 0 atom stereocenters. The number of hydrogen-bond acceptors (Lipinski definition) is 6. The number of rotatable bonds is 10. The maximum atomic E-state index is 14.0. The number of carbonyl (C=O) groups is 1. The summed E-state index contributed by atoms with van der Waals surface area (Å²) in [6.07, 6.45) is 0.595. The van der Waals surface area contributed by atoms with Gasteiger partial charge in [0.25, 0.3) is 15.9 Å². The van der Waals surface area contributed by atoms with Gasteiger partial charge in [0.1, 0.15) is 22.6 Å². The largest absolute Gasteiger partial charge is 0.497 e. The fourth-order valence-corrected chi connectivity index (χ4v) is 6.15. The fraction of sp³-hybridized carbons (Fsp3) is 0.121. The van der Waals surface area contributed by atoms with E-state index < -0.39 is 15.9 Å². The smallest absolute Gasteiger partial charge is 0.263 e. The number of aromatic nitrogens is 3. The number of amides is 1. The van der Waals surface area contributed by atoms with Gasteiger partial charge in [0.2, 0.25) is 0 Å². The Morgan fingerprint density at radius 2 is 1.50 bits per heavy atom. The second-order valence-corrected chi connectivity index (χ2v) is 12.2. The lowest BCUT2D eigenvalue weighted by Crippen LogP contribution is -2.27. The van der Waals surface area contributed by atoms with Crippen molar-refractivity contribution in [1.82, 2.24) is 19.9 Å². The molecule has 222 valence electrons. The van der Waals surface area contributed by atoms with E-state index in [4.69, 9.17) is 26.3 Å². The third kappa shape index (κ3) is 6.08. The van der Waals surface area contributed by atoms with E-state index in [9.17, 15) is 13.2 Å². The monoisotopic (exact) mass is 625 g/mol. The number of fused-ring (bicyclic) bond motifs is 2. The number of para-hydroxylation sites is 2. The van der Waals surface area contributed by atoms with Gasteiger partial charge in [-0.05, 0) is 66.1 Å². The number of anilines is 1. The second kappa shape index (κ2) is 12.4. The highest BCUT2D eigenvalue weighted by molar-refractivity contribution is 7.92. The zero-order valence-corrected chi connectivity index (χ0v) is 25.3. The van der Waals surface area contributed by atoms with E-state index in [0.29, 0.717) is 40.4 Å². The number of sulfonamides is 1. The first kappa shape index (κ1) is 29.2. The van der Waals surface area contributed by atoms with Crippen molar-refractivity contribution in [3.63, 3.8) is 0 Å². The average Bonchev–Trinajstić information content (AvgIpc) is 3.31. The Morgan fingerprint density at radius 1 is 0.841 bits per heavy atom. The predicted octanol–water partition coefficient (Wildman–Crippen LogP) is 6.07. The van der Waals surface area contributed by atoms with Gasteiger partial charge < -0.3 is 14.6 Å². The highest BCUT2D eigenvalue weighted by Gasteiger charge is 2.29. The predicted molar refractivity (Wildman–Crippen MR) is 172 cm³/mol. The average molecular weight is 626 g/mol. The van der Waals surface area contributed by atoms with Gasteiger partial charge >= 0.3 is 0 Å².